The van der Waals surface area contributed by atoms with Crippen LogP contribution in [0.1, 0.15) is 31.0 Å². The Morgan fingerprint density at radius 1 is 1.06 bits per heavy atom. The maximum atomic E-state index is 11.2. The maximum absolute atomic E-state index is 11.2. The van der Waals surface area contributed by atoms with Gasteiger partial charge in [-0.05, 0) is 49.2 Å². The lowest BCUT2D eigenvalue weighted by Gasteiger charge is -2.08. The minimum atomic E-state index is -0.871. The van der Waals surface area contributed by atoms with Crippen LogP contribution in [0.5, 0.6) is 11.5 Å². The van der Waals surface area contributed by atoms with Gasteiger partial charge in [0.05, 0.1) is 18.8 Å². The monoisotopic (exact) mass is 435 g/mol. The third-order valence-corrected chi connectivity index (χ3v) is 4.43. The summed E-state index contributed by atoms with van der Waals surface area (Å²) in [6.07, 6.45) is 0.477. The molecule has 1 heterocycles. The molecule has 3 aromatic rings. The molecule has 0 spiro atoms. The van der Waals surface area contributed by atoms with Crippen molar-refractivity contribution in [2.24, 2.45) is 5.73 Å². The molecule has 1 aromatic heterocycles. The number of ether oxygens (including phenoxy) is 2. The highest BCUT2D eigenvalue weighted by atomic mass is 16.5. The maximum Gasteiger partial charge on any atom is 0.248 e. The number of hydrogen-bond donors (Lipinski definition) is 3. The van der Waals surface area contributed by atoms with E-state index in [1.165, 1.54) is 0 Å². The second-order valence-electron chi connectivity index (χ2n) is 7.05. The number of aryl methyl sites for hydroxylation is 1. The van der Waals surface area contributed by atoms with Crippen LogP contribution in [0, 0.1) is 18.3 Å². The first-order valence-electron chi connectivity index (χ1n) is 10.4. The first-order valence-corrected chi connectivity index (χ1v) is 10.4. The van der Waals surface area contributed by atoms with E-state index in [0.717, 1.165) is 35.6 Å². The van der Waals surface area contributed by atoms with Crippen molar-refractivity contribution >= 4 is 0 Å². The third-order valence-electron chi connectivity index (χ3n) is 4.43. The average molecular weight is 436 g/mol. The predicted molar refractivity (Wildman–Crippen MR) is 124 cm³/mol. The topological polar surface area (TPSA) is 121 Å². The summed E-state index contributed by atoms with van der Waals surface area (Å²) in [6, 6.07) is 20.3. The fraction of sp³-hybridized carbons (Fsp3) is 0.280. The van der Waals surface area contributed by atoms with E-state index in [9.17, 15) is 4.79 Å². The molecule has 2 aromatic carbocycles. The van der Waals surface area contributed by atoms with Crippen LogP contribution in [0.2, 0.25) is 0 Å². The van der Waals surface area contributed by atoms with Crippen LogP contribution in [-0.2, 0) is 0 Å². The van der Waals surface area contributed by atoms with Crippen molar-refractivity contribution in [3.63, 3.8) is 0 Å². The largest absolute Gasteiger partial charge is 0.494 e. The van der Waals surface area contributed by atoms with Crippen molar-refractivity contribution in [1.29, 1.82) is 5.26 Å². The summed E-state index contributed by atoms with van der Waals surface area (Å²) in [7, 11) is 0. The van der Waals surface area contributed by atoms with Gasteiger partial charge in [-0.3, -0.25) is 4.79 Å². The van der Waals surface area contributed by atoms with Gasteiger partial charge in [0.15, 0.2) is 0 Å². The number of nitriles is 1. The number of aromatic nitrogens is 1. The van der Waals surface area contributed by atoms with Crippen LogP contribution in [0.4, 0.5) is 0 Å². The highest BCUT2D eigenvalue weighted by Crippen LogP contribution is 2.23. The van der Waals surface area contributed by atoms with Crippen molar-refractivity contribution in [1.82, 2.24) is 4.98 Å². The van der Waals surface area contributed by atoms with E-state index in [4.69, 9.17) is 25.6 Å². The molecular formula is C25H29N3O4. The Bertz CT molecular complexity index is 1070. The molecule has 0 aliphatic heterocycles. The summed E-state index contributed by atoms with van der Waals surface area (Å²) < 4.78 is 10.8. The van der Waals surface area contributed by atoms with Gasteiger partial charge in [-0.2, -0.15) is 5.26 Å². The van der Waals surface area contributed by atoms with E-state index in [2.05, 4.69) is 11.9 Å². The predicted octanol–water partition coefficient (Wildman–Crippen LogP) is 3.74. The number of nitrogens with zero attached hydrogens (tertiary/aromatic N) is 1. The zero-order valence-corrected chi connectivity index (χ0v) is 18.4. The Kier molecular flexibility index (Phi) is 9.98. The molecule has 7 nitrogen and oxygen atoms in total. The lowest BCUT2D eigenvalue weighted by Crippen LogP contribution is -2.21. The van der Waals surface area contributed by atoms with Crippen molar-refractivity contribution in [3.8, 4) is 28.7 Å². The number of benzene rings is 2. The van der Waals surface area contributed by atoms with Gasteiger partial charge in [-0.1, -0.05) is 31.2 Å². The average Bonchev–Trinajstić information content (AvgIpc) is 2.79. The lowest BCUT2D eigenvalue weighted by atomic mass is 10.0. The SMILES string of the molecule is CCCOc1ccc(-c2ccc(=O)[nH]c2C)cc1.N#Cc1ccccc1OCCC(N)O. The lowest BCUT2D eigenvalue weighted by molar-refractivity contribution is 0.145. The molecule has 0 saturated heterocycles. The summed E-state index contributed by atoms with van der Waals surface area (Å²) in [6.45, 7) is 5.02. The summed E-state index contributed by atoms with van der Waals surface area (Å²) >= 11 is 0. The minimum Gasteiger partial charge on any atom is -0.494 e. The van der Waals surface area contributed by atoms with Gasteiger partial charge in [0.1, 0.15) is 23.8 Å². The smallest absolute Gasteiger partial charge is 0.248 e. The second kappa shape index (κ2) is 13.0. The Hall–Kier alpha value is -3.60. The molecule has 0 radical (unpaired) electrons. The Labute approximate surface area is 188 Å². The summed E-state index contributed by atoms with van der Waals surface area (Å²) in [5.41, 5.74) is 8.55. The zero-order valence-electron chi connectivity index (χ0n) is 18.4. The number of para-hydroxylation sites is 1. The first-order chi connectivity index (χ1) is 15.4. The van der Waals surface area contributed by atoms with Crippen molar-refractivity contribution in [2.45, 2.75) is 32.9 Å². The number of aliphatic hydroxyl groups excluding tert-OH is 1. The van der Waals surface area contributed by atoms with Crippen molar-refractivity contribution < 1.29 is 14.6 Å². The van der Waals surface area contributed by atoms with E-state index in [0.29, 0.717) is 24.3 Å². The zero-order chi connectivity index (χ0) is 23.3. The van der Waals surface area contributed by atoms with Gasteiger partial charge < -0.3 is 25.3 Å². The summed E-state index contributed by atoms with van der Waals surface area (Å²) in [5, 5.41) is 17.5. The molecule has 0 fully saturated rings. The van der Waals surface area contributed by atoms with Gasteiger partial charge in [0.2, 0.25) is 5.56 Å². The van der Waals surface area contributed by atoms with Gasteiger partial charge in [0, 0.05) is 23.7 Å². The van der Waals surface area contributed by atoms with E-state index in [-0.39, 0.29) is 5.56 Å². The highest BCUT2D eigenvalue weighted by molar-refractivity contribution is 5.66. The van der Waals surface area contributed by atoms with Crippen molar-refractivity contribution in [2.75, 3.05) is 13.2 Å². The number of rotatable bonds is 8. The van der Waals surface area contributed by atoms with Crippen molar-refractivity contribution in [3.05, 3.63) is 82.3 Å². The van der Waals surface area contributed by atoms with Gasteiger partial charge in [0.25, 0.3) is 0 Å². The normalized spacial score (nSPS) is 11.0. The molecule has 0 amide bonds. The van der Waals surface area contributed by atoms with Gasteiger partial charge in [-0.15, -0.1) is 0 Å². The molecule has 0 bridgehead atoms. The van der Waals surface area contributed by atoms with Crippen LogP contribution >= 0.6 is 0 Å². The van der Waals surface area contributed by atoms with Crippen LogP contribution in [0.25, 0.3) is 11.1 Å². The third kappa shape index (κ3) is 7.91. The summed E-state index contributed by atoms with van der Waals surface area (Å²) in [5.74, 6) is 1.40. The van der Waals surface area contributed by atoms with Crippen LogP contribution < -0.4 is 20.8 Å². The fourth-order valence-electron chi connectivity index (χ4n) is 2.82. The molecule has 7 heteroatoms. The molecular weight excluding hydrogens is 406 g/mol. The van der Waals surface area contributed by atoms with Crippen LogP contribution in [0.3, 0.4) is 0 Å². The Balaban J connectivity index is 0.000000235. The highest BCUT2D eigenvalue weighted by Gasteiger charge is 2.03. The summed E-state index contributed by atoms with van der Waals surface area (Å²) in [4.78, 5) is 14.0. The van der Waals surface area contributed by atoms with E-state index in [1.807, 2.05) is 43.3 Å². The molecule has 1 atom stereocenters. The van der Waals surface area contributed by atoms with Gasteiger partial charge >= 0.3 is 0 Å². The number of hydrogen-bond acceptors (Lipinski definition) is 6. The van der Waals surface area contributed by atoms with Gasteiger partial charge in [-0.25, -0.2) is 0 Å². The molecule has 0 aliphatic carbocycles. The standard InChI is InChI=1S/C15H17NO2.C10H12N2O2/c1-3-10-18-13-6-4-12(5-7-13)14-8-9-15(17)16-11(14)2;11-7-8-3-1-2-4-9(8)14-6-5-10(12)13/h4-9H,3,10H2,1-2H3,(H,16,17);1-4,10,13H,5-6,12H2. The number of aromatic amines is 1. The Morgan fingerprint density at radius 2 is 1.78 bits per heavy atom. The van der Waals surface area contributed by atoms with E-state index >= 15 is 0 Å². The molecule has 32 heavy (non-hydrogen) atoms. The van der Waals surface area contributed by atoms with E-state index < -0.39 is 6.23 Å². The minimum absolute atomic E-state index is 0.0702. The van der Waals surface area contributed by atoms with Crippen LogP contribution in [0.15, 0.2) is 65.5 Å². The molecule has 1 unspecified atom stereocenters. The Morgan fingerprint density at radius 3 is 2.41 bits per heavy atom. The second-order valence-corrected chi connectivity index (χ2v) is 7.05. The molecule has 0 aliphatic rings. The molecule has 3 rings (SSSR count). The van der Waals surface area contributed by atoms with Crippen LogP contribution in [-0.4, -0.2) is 29.5 Å². The first kappa shape index (κ1) is 24.7. The number of pyridine rings is 1. The molecule has 0 saturated carbocycles. The fourth-order valence-corrected chi connectivity index (χ4v) is 2.82. The number of nitrogens with two attached hydrogens (primary N) is 1. The van der Waals surface area contributed by atoms with E-state index in [1.54, 1.807) is 30.3 Å². The number of H-pyrrole nitrogens is 1. The number of nitrogens with one attached hydrogen (secondary N) is 1. The quantitative estimate of drug-likeness (QED) is 0.463. The number of aliphatic hydroxyl groups is 1. The molecule has 168 valence electrons. The molecule has 4 N–H and O–H groups in total.